The van der Waals surface area contributed by atoms with Crippen LogP contribution in [-0.2, 0) is 6.42 Å². The van der Waals surface area contributed by atoms with Crippen molar-refractivity contribution < 1.29 is 32.2 Å². The van der Waals surface area contributed by atoms with E-state index < -0.39 is 24.6 Å². The molecule has 0 heterocycles. The van der Waals surface area contributed by atoms with Crippen molar-refractivity contribution in [2.75, 3.05) is 31.6 Å². The predicted octanol–water partition coefficient (Wildman–Crippen LogP) is 8.59. The Morgan fingerprint density at radius 3 is 2.50 bits per heavy atom. The first-order valence-electron chi connectivity index (χ1n) is 15.6. The molecule has 0 spiro atoms. The number of hydrogen-bond donors (Lipinski definition) is 2. The second kappa shape index (κ2) is 13.8. The number of benzene rings is 1. The van der Waals surface area contributed by atoms with Gasteiger partial charge in [-0.15, -0.1) is 0 Å². The van der Waals surface area contributed by atoms with Gasteiger partial charge in [-0.25, -0.2) is 0 Å². The van der Waals surface area contributed by atoms with Crippen LogP contribution in [-0.4, -0.2) is 65.0 Å². The van der Waals surface area contributed by atoms with Crippen LogP contribution < -0.4 is 0 Å². The molecule has 2 fully saturated rings. The number of aromatic hydroxyl groups is 1. The number of nitrogens with zero attached hydrogens (tertiary/aromatic N) is 1. The van der Waals surface area contributed by atoms with Crippen molar-refractivity contribution in [1.29, 1.82) is 0 Å². The summed E-state index contributed by atoms with van der Waals surface area (Å²) in [6.45, 7) is 8.49. The monoisotopic (exact) mass is 617 g/mol. The highest BCUT2D eigenvalue weighted by Crippen LogP contribution is 2.64. The number of phenolic OH excluding ortho intramolecular Hbond substituents is 1. The largest absolute Gasteiger partial charge is 0.508 e. The smallest absolute Gasteiger partial charge is 0.453 e. The Labute approximate surface area is 252 Å². The number of rotatable bonds is 14. The molecule has 0 bridgehead atoms. The molecule has 0 aliphatic heterocycles. The van der Waals surface area contributed by atoms with E-state index >= 15 is 0 Å². The summed E-state index contributed by atoms with van der Waals surface area (Å²) >= 11 is 1.44. The number of halogens is 5. The third-order valence-corrected chi connectivity index (χ3v) is 11.7. The van der Waals surface area contributed by atoms with Crippen LogP contribution in [0.1, 0.15) is 88.2 Å². The summed E-state index contributed by atoms with van der Waals surface area (Å²) in [7, 11) is 2.07. The summed E-state index contributed by atoms with van der Waals surface area (Å²) < 4.78 is 62.6. The Bertz CT molecular complexity index is 1070. The Kier molecular flexibility index (Phi) is 11.0. The van der Waals surface area contributed by atoms with E-state index in [-0.39, 0.29) is 11.8 Å². The van der Waals surface area contributed by atoms with Gasteiger partial charge in [0.05, 0.1) is 6.10 Å². The lowest BCUT2D eigenvalue weighted by Gasteiger charge is -2.52. The lowest BCUT2D eigenvalue weighted by molar-refractivity contribution is -0.284. The summed E-state index contributed by atoms with van der Waals surface area (Å²) in [6.07, 6.45) is 2.17. The van der Waals surface area contributed by atoms with Crippen LogP contribution in [0.4, 0.5) is 22.0 Å². The molecule has 238 valence electrons. The van der Waals surface area contributed by atoms with Gasteiger partial charge in [0.1, 0.15) is 5.75 Å². The van der Waals surface area contributed by atoms with E-state index in [1.165, 1.54) is 22.9 Å². The zero-order chi connectivity index (χ0) is 30.7. The minimum Gasteiger partial charge on any atom is -0.508 e. The van der Waals surface area contributed by atoms with Gasteiger partial charge in [-0.3, -0.25) is 0 Å². The molecule has 1 aromatic rings. The van der Waals surface area contributed by atoms with Crippen LogP contribution >= 0.6 is 11.8 Å². The van der Waals surface area contributed by atoms with Crippen LogP contribution in [0.25, 0.3) is 0 Å². The van der Waals surface area contributed by atoms with Crippen LogP contribution in [0.3, 0.4) is 0 Å². The van der Waals surface area contributed by atoms with E-state index in [9.17, 15) is 32.2 Å². The van der Waals surface area contributed by atoms with E-state index in [0.717, 1.165) is 82.2 Å². The quantitative estimate of drug-likeness (QED) is 0.125. The van der Waals surface area contributed by atoms with Gasteiger partial charge < -0.3 is 15.1 Å². The van der Waals surface area contributed by atoms with Gasteiger partial charge in [0.15, 0.2) is 0 Å². The normalized spacial score (nSPS) is 29.5. The maximum atomic E-state index is 13.0. The SMILES string of the molecule is C=C1[C@H](O)CC2C3C(CCCCCN(C)CCCSCCCC(F)(F)C(F)(F)F)Cc4cc(O)ccc4C3CC[C@]12C. The molecule has 0 aromatic heterocycles. The van der Waals surface area contributed by atoms with Gasteiger partial charge >= 0.3 is 12.1 Å². The van der Waals surface area contributed by atoms with Gasteiger partial charge in [0.25, 0.3) is 0 Å². The number of hydrogen-bond acceptors (Lipinski definition) is 4. The van der Waals surface area contributed by atoms with Crippen molar-refractivity contribution in [3.63, 3.8) is 0 Å². The lowest BCUT2D eigenvalue weighted by atomic mass is 9.52. The average Bonchev–Trinajstić information content (AvgIpc) is 3.15. The molecule has 2 saturated carbocycles. The summed E-state index contributed by atoms with van der Waals surface area (Å²) in [5.41, 5.74) is 3.70. The Hall–Kier alpha value is -1.32. The minimum atomic E-state index is -5.46. The molecule has 0 saturated heterocycles. The zero-order valence-electron chi connectivity index (χ0n) is 25.1. The number of phenols is 1. The van der Waals surface area contributed by atoms with Crippen molar-refractivity contribution in [3.8, 4) is 5.75 Å². The summed E-state index contributed by atoms with van der Waals surface area (Å²) in [4.78, 5) is 2.27. The van der Waals surface area contributed by atoms with Crippen LogP contribution in [0.5, 0.6) is 5.75 Å². The van der Waals surface area contributed by atoms with Crippen molar-refractivity contribution in [1.82, 2.24) is 4.90 Å². The summed E-state index contributed by atoms with van der Waals surface area (Å²) in [6, 6.07) is 5.91. The number of unbranched alkanes of at least 4 members (excludes halogenated alkanes) is 2. The van der Waals surface area contributed by atoms with E-state index in [2.05, 4.69) is 31.5 Å². The fourth-order valence-corrected chi connectivity index (χ4v) is 9.02. The second-order valence-corrected chi connectivity index (χ2v) is 14.5. The fraction of sp³-hybridized carbons (Fsp3) is 0.758. The highest BCUT2D eigenvalue weighted by molar-refractivity contribution is 7.99. The number of fused-ring (bicyclic) bond motifs is 5. The molecule has 3 aliphatic carbocycles. The molecule has 42 heavy (non-hydrogen) atoms. The first-order chi connectivity index (χ1) is 19.7. The molecule has 3 nitrogen and oxygen atoms in total. The second-order valence-electron chi connectivity index (χ2n) is 13.3. The van der Waals surface area contributed by atoms with Crippen molar-refractivity contribution in [2.45, 2.75) is 102 Å². The topological polar surface area (TPSA) is 43.7 Å². The Morgan fingerprint density at radius 2 is 1.76 bits per heavy atom. The van der Waals surface area contributed by atoms with Crippen molar-refractivity contribution in [3.05, 3.63) is 41.5 Å². The Morgan fingerprint density at radius 1 is 1.05 bits per heavy atom. The number of aliphatic hydroxyl groups is 1. The highest BCUT2D eigenvalue weighted by Gasteiger charge is 2.57. The van der Waals surface area contributed by atoms with Gasteiger partial charge in [-0.05, 0) is 141 Å². The molecule has 1 aromatic carbocycles. The number of thioether (sulfide) groups is 1. The maximum Gasteiger partial charge on any atom is 0.453 e. The molecule has 6 atom stereocenters. The maximum absolute atomic E-state index is 13.0. The van der Waals surface area contributed by atoms with Crippen LogP contribution in [0.15, 0.2) is 30.4 Å². The third-order valence-electron chi connectivity index (χ3n) is 10.5. The third kappa shape index (κ3) is 7.48. The zero-order valence-corrected chi connectivity index (χ0v) is 25.9. The predicted molar refractivity (Wildman–Crippen MR) is 160 cm³/mol. The Balaban J connectivity index is 1.18. The van der Waals surface area contributed by atoms with Crippen LogP contribution in [0, 0.1) is 23.2 Å². The molecule has 3 aliphatic rings. The summed E-state index contributed by atoms with van der Waals surface area (Å²) in [5.74, 6) is -1.23. The van der Waals surface area contributed by atoms with E-state index in [1.54, 1.807) is 0 Å². The molecule has 2 N–H and O–H groups in total. The number of aliphatic hydroxyl groups excluding tert-OH is 1. The molecule has 4 unspecified atom stereocenters. The lowest BCUT2D eigenvalue weighted by Crippen LogP contribution is -2.44. The molecule has 0 amide bonds. The molecular formula is C33H48F5NO2S. The molecule has 9 heteroatoms. The molecule has 4 rings (SSSR count). The van der Waals surface area contributed by atoms with E-state index in [0.29, 0.717) is 35.2 Å². The summed E-state index contributed by atoms with van der Waals surface area (Å²) in [5, 5.41) is 21.0. The van der Waals surface area contributed by atoms with Crippen molar-refractivity contribution in [2.24, 2.45) is 23.2 Å². The fourth-order valence-electron chi connectivity index (χ4n) is 8.13. The van der Waals surface area contributed by atoms with Crippen molar-refractivity contribution >= 4 is 11.8 Å². The van der Waals surface area contributed by atoms with Gasteiger partial charge in [0.2, 0.25) is 0 Å². The van der Waals surface area contributed by atoms with E-state index in [1.807, 2.05) is 12.1 Å². The molecular weight excluding hydrogens is 569 g/mol. The standard InChI is InChI=1S/C33H48F5NO2S/c1-22-29(41)21-28-30-23(19-24-20-25(40)10-11-26(24)27(30)12-14-31(22,28)2)9-5-4-6-15-39(3)16-8-18-42-17-7-13-32(34,35)33(36,37)38/h10-11,20,23,27-30,40-41H,1,4-9,12-19,21H2,2-3H3/t23?,27?,28?,29-,30?,31-/m1/s1. The van der Waals surface area contributed by atoms with Gasteiger partial charge in [0, 0.05) is 6.42 Å². The first-order valence-corrected chi connectivity index (χ1v) is 16.8. The van der Waals surface area contributed by atoms with Gasteiger partial charge in [-0.2, -0.15) is 33.7 Å². The number of alkyl halides is 5. The van der Waals surface area contributed by atoms with Crippen LogP contribution in [0.2, 0.25) is 0 Å². The van der Waals surface area contributed by atoms with Gasteiger partial charge in [-0.1, -0.05) is 32.4 Å². The highest BCUT2D eigenvalue weighted by atomic mass is 32.2. The minimum absolute atomic E-state index is 0.00238. The first kappa shape index (κ1) is 33.6. The average molecular weight is 618 g/mol. The molecule has 0 radical (unpaired) electrons. The van der Waals surface area contributed by atoms with E-state index in [4.69, 9.17) is 0 Å².